The Labute approximate surface area is 118 Å². The Bertz CT molecular complexity index is 623. The summed E-state index contributed by atoms with van der Waals surface area (Å²) in [5, 5.41) is 0. The van der Waals surface area contributed by atoms with Crippen molar-refractivity contribution in [1.29, 1.82) is 0 Å². The van der Waals surface area contributed by atoms with Crippen LogP contribution in [-0.4, -0.2) is 19.7 Å². The maximum atomic E-state index is 11.9. The number of carbonyl (C=O) groups excluding carboxylic acids is 1. The number of methoxy groups -OCH3 is 1. The zero-order valence-electron chi connectivity index (χ0n) is 11.6. The topological polar surface area (TPSA) is 61.5 Å². The molecule has 0 saturated heterocycles. The van der Waals surface area contributed by atoms with Crippen LogP contribution in [0.2, 0.25) is 0 Å². The van der Waals surface area contributed by atoms with E-state index in [-0.39, 0.29) is 0 Å². The molecule has 4 heteroatoms. The molecule has 0 aromatic heterocycles. The molecule has 20 heavy (non-hydrogen) atoms. The van der Waals surface area contributed by atoms with Crippen molar-refractivity contribution in [2.75, 3.05) is 19.5 Å². The number of hydrogen-bond donors (Lipinski definition) is 1. The number of esters is 1. The van der Waals surface area contributed by atoms with E-state index in [9.17, 15) is 4.79 Å². The number of benzene rings is 2. The van der Waals surface area contributed by atoms with Gasteiger partial charge in [-0.25, -0.2) is 4.79 Å². The van der Waals surface area contributed by atoms with E-state index in [2.05, 4.69) is 0 Å². The van der Waals surface area contributed by atoms with E-state index in [1.54, 1.807) is 12.1 Å². The van der Waals surface area contributed by atoms with Crippen LogP contribution >= 0.6 is 0 Å². The lowest BCUT2D eigenvalue weighted by Gasteiger charge is -2.11. The summed E-state index contributed by atoms with van der Waals surface area (Å²) in [4.78, 5) is 11.9. The van der Waals surface area contributed by atoms with Gasteiger partial charge < -0.3 is 15.2 Å². The highest BCUT2D eigenvalue weighted by atomic mass is 16.5. The zero-order chi connectivity index (χ0) is 14.5. The molecule has 0 spiro atoms. The smallest absolute Gasteiger partial charge is 0.338 e. The maximum absolute atomic E-state index is 11.9. The second kappa shape index (κ2) is 6.10. The third-order valence-electron chi connectivity index (χ3n) is 2.90. The van der Waals surface area contributed by atoms with Gasteiger partial charge in [0.1, 0.15) is 5.75 Å². The number of anilines is 1. The number of rotatable bonds is 4. The molecule has 2 N–H and O–H groups in total. The molecular weight excluding hydrogens is 254 g/mol. The Balaban J connectivity index is 2.51. The lowest BCUT2D eigenvalue weighted by atomic mass is 9.99. The van der Waals surface area contributed by atoms with Crippen molar-refractivity contribution in [2.45, 2.75) is 6.92 Å². The molecule has 2 aromatic carbocycles. The van der Waals surface area contributed by atoms with Crippen LogP contribution in [0, 0.1) is 0 Å². The Morgan fingerprint density at radius 1 is 1.20 bits per heavy atom. The quantitative estimate of drug-likeness (QED) is 0.685. The highest BCUT2D eigenvalue weighted by Gasteiger charge is 2.14. The zero-order valence-corrected chi connectivity index (χ0v) is 11.6. The highest BCUT2D eigenvalue weighted by molar-refractivity contribution is 5.98. The fourth-order valence-corrected chi connectivity index (χ4v) is 2.01. The number of nitrogens with two attached hydrogens (primary N) is 1. The van der Waals surface area contributed by atoms with E-state index in [1.165, 1.54) is 7.11 Å². The van der Waals surface area contributed by atoms with Crippen molar-refractivity contribution in [3.05, 3.63) is 48.0 Å². The Morgan fingerprint density at radius 3 is 2.70 bits per heavy atom. The van der Waals surface area contributed by atoms with E-state index < -0.39 is 5.97 Å². The van der Waals surface area contributed by atoms with Gasteiger partial charge in [-0.1, -0.05) is 18.2 Å². The summed E-state index contributed by atoms with van der Waals surface area (Å²) in [6.07, 6.45) is 0. The van der Waals surface area contributed by atoms with Crippen molar-refractivity contribution in [2.24, 2.45) is 0 Å². The molecule has 0 fully saturated rings. The van der Waals surface area contributed by atoms with Crippen LogP contribution in [0.5, 0.6) is 5.75 Å². The van der Waals surface area contributed by atoms with Crippen LogP contribution in [0.3, 0.4) is 0 Å². The standard InChI is InChI=1S/C16H17NO3/c1-3-20-13-6-4-5-11(9-13)14-8-7-12(17)10-15(14)16(18)19-2/h4-10H,3,17H2,1-2H3. The van der Waals surface area contributed by atoms with E-state index in [4.69, 9.17) is 15.2 Å². The van der Waals surface area contributed by atoms with E-state index in [1.807, 2.05) is 37.3 Å². The van der Waals surface area contributed by atoms with Crippen LogP contribution < -0.4 is 10.5 Å². The first kappa shape index (κ1) is 13.9. The molecule has 2 aromatic rings. The predicted molar refractivity (Wildman–Crippen MR) is 78.8 cm³/mol. The molecule has 0 radical (unpaired) electrons. The summed E-state index contributed by atoms with van der Waals surface area (Å²) in [6, 6.07) is 12.8. The third kappa shape index (κ3) is 2.91. The summed E-state index contributed by atoms with van der Waals surface area (Å²) in [5.74, 6) is 0.353. The molecule has 0 saturated carbocycles. The van der Waals surface area contributed by atoms with Gasteiger partial charge >= 0.3 is 5.97 Å². The number of hydrogen-bond acceptors (Lipinski definition) is 4. The van der Waals surface area contributed by atoms with E-state index >= 15 is 0 Å². The SMILES string of the molecule is CCOc1cccc(-c2ccc(N)cc2C(=O)OC)c1. The summed E-state index contributed by atoms with van der Waals surface area (Å²) in [5.41, 5.74) is 8.37. The number of nitrogen functional groups attached to an aromatic ring is 1. The summed E-state index contributed by atoms with van der Waals surface area (Å²) in [6.45, 7) is 2.52. The summed E-state index contributed by atoms with van der Waals surface area (Å²) in [7, 11) is 1.35. The summed E-state index contributed by atoms with van der Waals surface area (Å²) >= 11 is 0. The van der Waals surface area contributed by atoms with Crippen molar-refractivity contribution in [3.8, 4) is 16.9 Å². The largest absolute Gasteiger partial charge is 0.494 e. The molecule has 104 valence electrons. The van der Waals surface area contributed by atoms with Gasteiger partial charge in [-0.15, -0.1) is 0 Å². The minimum Gasteiger partial charge on any atom is -0.494 e. The van der Waals surface area contributed by atoms with E-state index in [0.717, 1.165) is 16.9 Å². The lowest BCUT2D eigenvalue weighted by Crippen LogP contribution is -2.04. The average molecular weight is 271 g/mol. The fraction of sp³-hybridized carbons (Fsp3) is 0.188. The van der Waals surface area contributed by atoms with Crippen molar-refractivity contribution >= 4 is 11.7 Å². The highest BCUT2D eigenvalue weighted by Crippen LogP contribution is 2.29. The van der Waals surface area contributed by atoms with Crippen LogP contribution in [0.25, 0.3) is 11.1 Å². The Kier molecular flexibility index (Phi) is 4.25. The van der Waals surface area contributed by atoms with Crippen molar-refractivity contribution in [3.63, 3.8) is 0 Å². The molecular formula is C16H17NO3. The predicted octanol–water partition coefficient (Wildman–Crippen LogP) is 3.12. The van der Waals surface area contributed by atoms with Gasteiger partial charge in [0, 0.05) is 5.69 Å². The van der Waals surface area contributed by atoms with Gasteiger partial charge in [0.15, 0.2) is 0 Å². The van der Waals surface area contributed by atoms with Gasteiger partial charge in [-0.3, -0.25) is 0 Å². The monoisotopic (exact) mass is 271 g/mol. The molecule has 0 amide bonds. The molecule has 0 heterocycles. The molecule has 0 aliphatic rings. The summed E-state index contributed by atoms with van der Waals surface area (Å²) < 4.78 is 10.3. The molecule has 4 nitrogen and oxygen atoms in total. The molecule has 0 bridgehead atoms. The molecule has 0 aliphatic heterocycles. The van der Waals surface area contributed by atoms with Crippen LogP contribution in [-0.2, 0) is 4.74 Å². The first-order chi connectivity index (χ1) is 9.65. The minimum atomic E-state index is -0.408. The van der Waals surface area contributed by atoms with Gasteiger partial charge in [0.05, 0.1) is 19.3 Å². The van der Waals surface area contributed by atoms with Crippen molar-refractivity contribution in [1.82, 2.24) is 0 Å². The van der Waals surface area contributed by atoms with Gasteiger partial charge in [-0.05, 0) is 42.3 Å². The Hall–Kier alpha value is -2.49. The van der Waals surface area contributed by atoms with Crippen LogP contribution in [0.15, 0.2) is 42.5 Å². The van der Waals surface area contributed by atoms with Crippen LogP contribution in [0.4, 0.5) is 5.69 Å². The molecule has 0 aliphatic carbocycles. The van der Waals surface area contributed by atoms with Crippen LogP contribution in [0.1, 0.15) is 17.3 Å². The third-order valence-corrected chi connectivity index (χ3v) is 2.90. The minimum absolute atomic E-state index is 0.408. The van der Waals surface area contributed by atoms with Gasteiger partial charge in [0.2, 0.25) is 0 Å². The van der Waals surface area contributed by atoms with E-state index in [0.29, 0.717) is 17.9 Å². The lowest BCUT2D eigenvalue weighted by molar-refractivity contribution is 0.0601. The second-order valence-corrected chi connectivity index (χ2v) is 4.26. The average Bonchev–Trinajstić information content (AvgIpc) is 2.47. The molecule has 0 unspecified atom stereocenters. The number of ether oxygens (including phenoxy) is 2. The van der Waals surface area contributed by atoms with Gasteiger partial charge in [0.25, 0.3) is 0 Å². The normalized spacial score (nSPS) is 10.1. The van der Waals surface area contributed by atoms with Crippen molar-refractivity contribution < 1.29 is 14.3 Å². The first-order valence-corrected chi connectivity index (χ1v) is 6.36. The van der Waals surface area contributed by atoms with Gasteiger partial charge in [-0.2, -0.15) is 0 Å². The Morgan fingerprint density at radius 2 is 2.00 bits per heavy atom. The second-order valence-electron chi connectivity index (χ2n) is 4.26. The molecule has 2 rings (SSSR count). The fourth-order valence-electron chi connectivity index (χ4n) is 2.01. The maximum Gasteiger partial charge on any atom is 0.338 e. The number of carbonyl (C=O) groups is 1. The molecule has 0 atom stereocenters. The first-order valence-electron chi connectivity index (χ1n) is 6.36.